The summed E-state index contributed by atoms with van der Waals surface area (Å²) in [4.78, 5) is 35.5. The molecule has 1 aromatic heterocycles. The second-order valence-electron chi connectivity index (χ2n) is 6.85. The molecule has 1 aliphatic heterocycles. The molecule has 1 aromatic carbocycles. The monoisotopic (exact) mass is 383 g/mol. The standard InChI is InChI=1S/C19H21N5O2S/c1-21-18(20)23-19-22-15(10-27-19)11-5-4-6-12(9-11)24-16(25)13-7-2-3-8-14(13)17(24)26/h2-3,7-8,10-12H,4-6,9H2,1H3,(H3,20,21,22,23). The third kappa shape index (κ3) is 3.21. The van der Waals surface area contributed by atoms with Crippen molar-refractivity contribution in [2.45, 2.75) is 37.6 Å². The topological polar surface area (TPSA) is 101 Å². The number of nitrogens with one attached hydrogen (secondary N) is 1. The lowest BCUT2D eigenvalue weighted by Gasteiger charge is -2.33. The number of rotatable bonds is 3. The molecule has 3 N–H and O–H groups in total. The van der Waals surface area contributed by atoms with Gasteiger partial charge < -0.3 is 11.1 Å². The van der Waals surface area contributed by atoms with E-state index in [2.05, 4.69) is 15.3 Å². The first-order chi connectivity index (χ1) is 13.1. The molecule has 2 aliphatic rings. The fourth-order valence-electron chi connectivity index (χ4n) is 3.90. The summed E-state index contributed by atoms with van der Waals surface area (Å²) in [6.45, 7) is 0. The minimum Gasteiger partial charge on any atom is -0.370 e. The highest BCUT2D eigenvalue weighted by Gasteiger charge is 2.41. The summed E-state index contributed by atoms with van der Waals surface area (Å²) in [5.74, 6) is 0.200. The molecular weight excluding hydrogens is 362 g/mol. The van der Waals surface area contributed by atoms with E-state index in [0.717, 1.165) is 31.4 Å². The van der Waals surface area contributed by atoms with Crippen LogP contribution in [0.5, 0.6) is 0 Å². The molecule has 27 heavy (non-hydrogen) atoms. The van der Waals surface area contributed by atoms with Gasteiger partial charge in [-0.25, -0.2) is 4.98 Å². The number of fused-ring (bicyclic) bond motifs is 1. The van der Waals surface area contributed by atoms with Crippen molar-refractivity contribution in [2.24, 2.45) is 10.7 Å². The van der Waals surface area contributed by atoms with Crippen molar-refractivity contribution < 1.29 is 9.59 Å². The number of benzene rings is 1. The van der Waals surface area contributed by atoms with Crippen LogP contribution in [-0.4, -0.2) is 40.7 Å². The SMILES string of the molecule is CN=C(N)Nc1nc(C2CCCC(N3C(=O)c4ccccc4C3=O)C2)cs1. The maximum atomic E-state index is 12.8. The summed E-state index contributed by atoms with van der Waals surface area (Å²) in [6, 6.07) is 6.97. The fourth-order valence-corrected chi connectivity index (χ4v) is 4.70. The molecule has 0 radical (unpaired) electrons. The molecule has 2 amide bonds. The lowest BCUT2D eigenvalue weighted by molar-refractivity contribution is 0.0539. The second-order valence-corrected chi connectivity index (χ2v) is 7.71. The van der Waals surface area contributed by atoms with Crippen molar-refractivity contribution in [3.05, 3.63) is 46.5 Å². The fraction of sp³-hybridized carbons (Fsp3) is 0.368. The zero-order chi connectivity index (χ0) is 19.0. The minimum atomic E-state index is -0.172. The van der Waals surface area contributed by atoms with Gasteiger partial charge in [0.25, 0.3) is 11.8 Å². The van der Waals surface area contributed by atoms with E-state index < -0.39 is 0 Å². The summed E-state index contributed by atoms with van der Waals surface area (Å²) < 4.78 is 0. The van der Waals surface area contributed by atoms with Crippen LogP contribution >= 0.6 is 11.3 Å². The van der Waals surface area contributed by atoms with Crippen LogP contribution in [0.2, 0.25) is 0 Å². The highest BCUT2D eigenvalue weighted by Crippen LogP contribution is 2.38. The third-order valence-corrected chi connectivity index (χ3v) is 6.03. The number of nitrogens with zero attached hydrogens (tertiary/aromatic N) is 3. The van der Waals surface area contributed by atoms with Gasteiger partial charge in [-0.3, -0.25) is 19.5 Å². The van der Waals surface area contributed by atoms with Gasteiger partial charge in [-0.1, -0.05) is 18.6 Å². The lowest BCUT2D eigenvalue weighted by Crippen LogP contribution is -2.42. The average molecular weight is 383 g/mol. The molecule has 0 spiro atoms. The smallest absolute Gasteiger partial charge is 0.261 e. The normalized spacial score (nSPS) is 22.9. The Balaban J connectivity index is 1.51. The van der Waals surface area contributed by atoms with Crippen LogP contribution in [0.25, 0.3) is 0 Å². The number of aromatic nitrogens is 1. The predicted molar refractivity (Wildman–Crippen MR) is 105 cm³/mol. The Hall–Kier alpha value is -2.74. The van der Waals surface area contributed by atoms with Gasteiger partial charge in [-0.05, 0) is 31.4 Å². The number of imide groups is 1. The highest BCUT2D eigenvalue weighted by atomic mass is 32.1. The number of guanidine groups is 1. The molecule has 8 heteroatoms. The average Bonchev–Trinajstić information content (AvgIpc) is 3.25. The summed E-state index contributed by atoms with van der Waals surface area (Å²) in [6.07, 6.45) is 3.54. The van der Waals surface area contributed by atoms with E-state index in [4.69, 9.17) is 5.73 Å². The Kier molecular flexibility index (Phi) is 4.65. The number of hydrogen-bond donors (Lipinski definition) is 2. The van der Waals surface area contributed by atoms with Crippen molar-refractivity contribution in [1.29, 1.82) is 0 Å². The van der Waals surface area contributed by atoms with E-state index in [9.17, 15) is 9.59 Å². The molecule has 1 saturated carbocycles. The zero-order valence-electron chi connectivity index (χ0n) is 15.0. The van der Waals surface area contributed by atoms with Gasteiger partial charge in [-0.2, -0.15) is 0 Å². The van der Waals surface area contributed by atoms with E-state index in [0.29, 0.717) is 22.2 Å². The Morgan fingerprint density at radius 3 is 2.63 bits per heavy atom. The van der Waals surface area contributed by atoms with Crippen LogP contribution < -0.4 is 11.1 Å². The molecule has 2 aromatic rings. The number of anilines is 1. The van der Waals surface area contributed by atoms with E-state index in [1.54, 1.807) is 31.3 Å². The molecule has 7 nitrogen and oxygen atoms in total. The van der Waals surface area contributed by atoms with Gasteiger partial charge in [0, 0.05) is 24.4 Å². The number of aliphatic imine (C=N–C) groups is 1. The van der Waals surface area contributed by atoms with Gasteiger partial charge in [0.1, 0.15) is 0 Å². The predicted octanol–water partition coefficient (Wildman–Crippen LogP) is 2.82. The van der Waals surface area contributed by atoms with E-state index in [1.165, 1.54) is 16.2 Å². The summed E-state index contributed by atoms with van der Waals surface area (Å²) in [5, 5.41) is 5.68. The van der Waals surface area contributed by atoms with Gasteiger partial charge in [0.2, 0.25) is 0 Å². The molecule has 140 valence electrons. The molecule has 1 fully saturated rings. The summed E-state index contributed by atoms with van der Waals surface area (Å²) in [5.41, 5.74) is 7.70. The van der Waals surface area contributed by atoms with Crippen LogP contribution in [0.15, 0.2) is 34.6 Å². The van der Waals surface area contributed by atoms with Crippen LogP contribution in [0.4, 0.5) is 5.13 Å². The molecule has 0 bridgehead atoms. The van der Waals surface area contributed by atoms with Crippen molar-refractivity contribution >= 4 is 34.2 Å². The van der Waals surface area contributed by atoms with Crippen LogP contribution in [0.3, 0.4) is 0 Å². The molecule has 2 atom stereocenters. The Bertz CT molecular complexity index is 887. The number of nitrogens with two attached hydrogens (primary N) is 1. The van der Waals surface area contributed by atoms with Crippen molar-refractivity contribution in [2.75, 3.05) is 12.4 Å². The van der Waals surface area contributed by atoms with Gasteiger partial charge >= 0.3 is 0 Å². The number of amides is 2. The summed E-state index contributed by atoms with van der Waals surface area (Å²) >= 11 is 1.48. The number of carbonyl (C=O) groups is 2. The maximum absolute atomic E-state index is 12.8. The Morgan fingerprint density at radius 1 is 1.26 bits per heavy atom. The molecule has 0 saturated heterocycles. The first-order valence-corrected chi connectivity index (χ1v) is 9.88. The maximum Gasteiger partial charge on any atom is 0.261 e. The number of hydrogen-bond acceptors (Lipinski definition) is 5. The Labute approximate surface area is 161 Å². The van der Waals surface area contributed by atoms with Gasteiger partial charge in [0.05, 0.1) is 16.8 Å². The van der Waals surface area contributed by atoms with Gasteiger partial charge in [0.15, 0.2) is 11.1 Å². The van der Waals surface area contributed by atoms with Crippen LogP contribution in [0, 0.1) is 0 Å². The quantitative estimate of drug-likeness (QED) is 0.482. The third-order valence-electron chi connectivity index (χ3n) is 5.25. The first-order valence-electron chi connectivity index (χ1n) is 9.00. The van der Waals surface area contributed by atoms with Crippen LogP contribution in [-0.2, 0) is 0 Å². The van der Waals surface area contributed by atoms with E-state index >= 15 is 0 Å². The molecule has 1 aliphatic carbocycles. The molecular formula is C19H21N5O2S. The van der Waals surface area contributed by atoms with Crippen molar-refractivity contribution in [3.63, 3.8) is 0 Å². The van der Waals surface area contributed by atoms with E-state index in [-0.39, 0.29) is 23.8 Å². The van der Waals surface area contributed by atoms with Crippen LogP contribution in [0.1, 0.15) is 58.0 Å². The largest absolute Gasteiger partial charge is 0.370 e. The number of carbonyl (C=O) groups excluding carboxylic acids is 2. The highest BCUT2D eigenvalue weighted by molar-refractivity contribution is 7.13. The molecule has 2 heterocycles. The second kappa shape index (κ2) is 7.11. The minimum absolute atomic E-state index is 0.0865. The van der Waals surface area contributed by atoms with Gasteiger partial charge in [-0.15, -0.1) is 11.3 Å². The lowest BCUT2D eigenvalue weighted by atomic mass is 9.83. The van der Waals surface area contributed by atoms with Crippen molar-refractivity contribution in [1.82, 2.24) is 9.88 Å². The van der Waals surface area contributed by atoms with Crippen molar-refractivity contribution in [3.8, 4) is 0 Å². The first kappa shape index (κ1) is 17.7. The molecule has 2 unspecified atom stereocenters. The Morgan fingerprint density at radius 2 is 1.96 bits per heavy atom. The molecule has 4 rings (SSSR count). The number of thiazole rings is 1. The summed E-state index contributed by atoms with van der Waals surface area (Å²) in [7, 11) is 1.62. The van der Waals surface area contributed by atoms with E-state index in [1.807, 2.05) is 5.38 Å². The zero-order valence-corrected chi connectivity index (χ0v) is 15.8.